The van der Waals surface area contributed by atoms with Gasteiger partial charge in [-0.05, 0) is 30.2 Å². The van der Waals surface area contributed by atoms with Gasteiger partial charge >= 0.3 is 0 Å². The van der Waals surface area contributed by atoms with Crippen molar-refractivity contribution >= 4 is 51.7 Å². The Hall–Kier alpha value is -4.72. The molecule has 2 atom stereocenters. The third kappa shape index (κ3) is 6.06. The van der Waals surface area contributed by atoms with Crippen LogP contribution in [0, 0.1) is 0 Å². The molecule has 15 heteroatoms. The van der Waals surface area contributed by atoms with E-state index in [4.69, 9.17) is 17.3 Å². The SMILES string of the molecule is C=CN=N/C=C(\C)c1ccc2c(c1)c(C(N)=O)nn2CC(=O)N1CC(F)CC1C(=O)Nc1nc(Cl)cc(=O)[nH]1. The summed E-state index contributed by atoms with van der Waals surface area (Å²) >= 11 is 5.75. The topological polar surface area (TPSA) is 181 Å². The smallest absolute Gasteiger partial charge is 0.269 e. The molecule has 2 unspecified atom stereocenters. The molecule has 3 heterocycles. The Kier molecular flexibility index (Phi) is 7.95. The van der Waals surface area contributed by atoms with Crippen LogP contribution in [0.15, 0.2) is 58.3 Å². The Morgan fingerprint density at radius 3 is 2.79 bits per heavy atom. The van der Waals surface area contributed by atoms with E-state index in [1.54, 1.807) is 25.1 Å². The number of amides is 3. The van der Waals surface area contributed by atoms with Crippen LogP contribution < -0.4 is 16.6 Å². The van der Waals surface area contributed by atoms with Gasteiger partial charge in [-0.15, -0.1) is 0 Å². The fourth-order valence-corrected chi connectivity index (χ4v) is 4.37. The van der Waals surface area contributed by atoms with E-state index in [2.05, 4.69) is 37.2 Å². The number of rotatable bonds is 8. The minimum absolute atomic E-state index is 0.0600. The van der Waals surface area contributed by atoms with Crippen LogP contribution in [0.3, 0.4) is 0 Å². The molecule has 1 aliphatic heterocycles. The van der Waals surface area contributed by atoms with Crippen molar-refractivity contribution in [2.24, 2.45) is 16.0 Å². The first-order chi connectivity index (χ1) is 18.6. The number of carbonyl (C=O) groups excluding carboxylic acids is 3. The standard InChI is InChI=1S/C24H23ClFN9O4/c1-3-28-29-9-12(2)13-4-5-16-15(6-13)21(22(27)38)33-35(16)11-20(37)34-10-14(26)7-17(34)23(39)32-24-30-18(25)8-19(36)31-24/h3-6,8-9,14,17H,1,7,10-11H2,2H3,(H2,27,38)(H2,30,31,32,36,39)/b12-9+,29-28?. The summed E-state index contributed by atoms with van der Waals surface area (Å²) in [7, 11) is 0. The summed E-state index contributed by atoms with van der Waals surface area (Å²) in [6.07, 6.45) is 1.09. The molecule has 0 radical (unpaired) electrons. The van der Waals surface area contributed by atoms with Crippen molar-refractivity contribution in [3.63, 3.8) is 0 Å². The molecule has 0 spiro atoms. The lowest BCUT2D eigenvalue weighted by atomic mass is 10.0. The molecule has 13 nitrogen and oxygen atoms in total. The Morgan fingerprint density at radius 1 is 1.33 bits per heavy atom. The summed E-state index contributed by atoms with van der Waals surface area (Å²) in [5.74, 6) is -2.41. The number of hydrogen-bond acceptors (Lipinski definition) is 8. The lowest BCUT2D eigenvalue weighted by Gasteiger charge is -2.23. The molecule has 3 amide bonds. The van der Waals surface area contributed by atoms with E-state index < -0.39 is 42.0 Å². The lowest BCUT2D eigenvalue weighted by molar-refractivity contribution is -0.137. The van der Waals surface area contributed by atoms with Crippen molar-refractivity contribution < 1.29 is 18.8 Å². The highest BCUT2D eigenvalue weighted by Crippen LogP contribution is 2.26. The Balaban J connectivity index is 1.60. The van der Waals surface area contributed by atoms with Crippen LogP contribution in [-0.2, 0) is 16.1 Å². The molecule has 4 rings (SSSR count). The number of allylic oxidation sites excluding steroid dienone is 1. The van der Waals surface area contributed by atoms with Gasteiger partial charge in [0.25, 0.3) is 11.5 Å². The van der Waals surface area contributed by atoms with Crippen molar-refractivity contribution in [3.05, 3.63) is 70.0 Å². The highest BCUT2D eigenvalue weighted by molar-refractivity contribution is 6.29. The number of likely N-dealkylation sites (tertiary alicyclic amines) is 1. The van der Waals surface area contributed by atoms with Gasteiger partial charge in [-0.25, -0.2) is 9.37 Å². The van der Waals surface area contributed by atoms with E-state index in [1.165, 1.54) is 17.1 Å². The average molecular weight is 556 g/mol. The van der Waals surface area contributed by atoms with Gasteiger partial charge in [-0.1, -0.05) is 24.2 Å². The molecule has 202 valence electrons. The van der Waals surface area contributed by atoms with Crippen LogP contribution >= 0.6 is 11.6 Å². The number of halogens is 2. The third-order valence-corrected chi connectivity index (χ3v) is 6.14. The number of nitrogens with zero attached hydrogens (tertiary/aromatic N) is 6. The second kappa shape index (κ2) is 11.3. The van der Waals surface area contributed by atoms with Gasteiger partial charge < -0.3 is 10.6 Å². The maximum atomic E-state index is 14.4. The predicted molar refractivity (Wildman–Crippen MR) is 140 cm³/mol. The number of azo groups is 1. The minimum atomic E-state index is -1.46. The molecule has 0 aliphatic carbocycles. The predicted octanol–water partition coefficient (Wildman–Crippen LogP) is 2.41. The Morgan fingerprint density at radius 2 is 2.10 bits per heavy atom. The van der Waals surface area contributed by atoms with Crippen LogP contribution in [0.25, 0.3) is 16.5 Å². The van der Waals surface area contributed by atoms with E-state index in [0.717, 1.165) is 16.5 Å². The first-order valence-corrected chi connectivity index (χ1v) is 11.9. The van der Waals surface area contributed by atoms with Crippen molar-refractivity contribution in [2.75, 3.05) is 11.9 Å². The van der Waals surface area contributed by atoms with E-state index in [1.807, 2.05) is 0 Å². The first-order valence-electron chi connectivity index (χ1n) is 11.6. The number of nitrogens with one attached hydrogen (secondary N) is 2. The van der Waals surface area contributed by atoms with Gasteiger partial charge in [-0.3, -0.25) is 34.2 Å². The zero-order valence-corrected chi connectivity index (χ0v) is 21.4. The molecule has 1 aromatic carbocycles. The molecule has 1 fully saturated rings. The summed E-state index contributed by atoms with van der Waals surface area (Å²) in [6, 6.07) is 4.92. The van der Waals surface area contributed by atoms with E-state index in [9.17, 15) is 23.6 Å². The zero-order valence-electron chi connectivity index (χ0n) is 20.6. The van der Waals surface area contributed by atoms with Crippen molar-refractivity contribution in [1.29, 1.82) is 0 Å². The van der Waals surface area contributed by atoms with E-state index in [-0.39, 0.29) is 29.8 Å². The highest BCUT2D eigenvalue weighted by Gasteiger charge is 2.40. The Labute approximate surface area is 225 Å². The molecule has 3 aromatic rings. The lowest BCUT2D eigenvalue weighted by Crippen LogP contribution is -2.45. The number of hydrogen-bond donors (Lipinski definition) is 3. The number of benzene rings is 1. The molecule has 39 heavy (non-hydrogen) atoms. The van der Waals surface area contributed by atoms with Crippen molar-refractivity contribution in [2.45, 2.75) is 32.1 Å². The number of aromatic nitrogens is 4. The fraction of sp³-hybridized carbons (Fsp3) is 0.250. The number of H-pyrrole nitrogens is 1. The van der Waals surface area contributed by atoms with Crippen LogP contribution in [0.4, 0.5) is 10.3 Å². The molecular weight excluding hydrogens is 533 g/mol. The summed E-state index contributed by atoms with van der Waals surface area (Å²) in [5, 5.41) is 14.3. The first kappa shape index (κ1) is 27.3. The van der Waals surface area contributed by atoms with Gasteiger partial charge in [0.1, 0.15) is 23.9 Å². The molecular formula is C24H23ClFN9O4. The summed E-state index contributed by atoms with van der Waals surface area (Å²) in [4.78, 5) is 57.0. The van der Waals surface area contributed by atoms with Gasteiger partial charge in [0.2, 0.25) is 17.8 Å². The highest BCUT2D eigenvalue weighted by atomic mass is 35.5. The third-order valence-electron chi connectivity index (χ3n) is 5.95. The fourth-order valence-electron chi connectivity index (χ4n) is 4.18. The molecule has 2 aromatic heterocycles. The van der Waals surface area contributed by atoms with E-state index in [0.29, 0.717) is 16.5 Å². The summed E-state index contributed by atoms with van der Waals surface area (Å²) in [5.41, 5.74) is 6.75. The molecule has 0 saturated carbocycles. The van der Waals surface area contributed by atoms with Gasteiger partial charge in [0.05, 0.1) is 18.3 Å². The maximum Gasteiger partial charge on any atom is 0.269 e. The largest absolute Gasteiger partial charge is 0.364 e. The minimum Gasteiger partial charge on any atom is -0.364 e. The number of nitrogens with two attached hydrogens (primary N) is 1. The summed E-state index contributed by atoms with van der Waals surface area (Å²) < 4.78 is 15.6. The average Bonchev–Trinajstić information content (AvgIpc) is 3.44. The van der Waals surface area contributed by atoms with E-state index >= 15 is 0 Å². The molecule has 1 aliphatic rings. The number of anilines is 1. The monoisotopic (exact) mass is 555 g/mol. The van der Waals surface area contributed by atoms with Crippen LogP contribution in [0.2, 0.25) is 5.15 Å². The zero-order chi connectivity index (χ0) is 28.3. The van der Waals surface area contributed by atoms with Gasteiger partial charge in [-0.2, -0.15) is 15.3 Å². The summed E-state index contributed by atoms with van der Waals surface area (Å²) in [6.45, 7) is 4.53. The van der Waals surface area contributed by atoms with Crippen LogP contribution in [-0.4, -0.2) is 61.1 Å². The number of carbonyl (C=O) groups is 3. The van der Waals surface area contributed by atoms with Gasteiger partial charge in [0.15, 0.2) is 5.69 Å². The number of primary amides is 1. The Bertz CT molecular complexity index is 1600. The molecule has 0 bridgehead atoms. The van der Waals surface area contributed by atoms with Crippen molar-refractivity contribution in [3.8, 4) is 0 Å². The second-order valence-electron chi connectivity index (χ2n) is 8.63. The van der Waals surface area contributed by atoms with Gasteiger partial charge in [0, 0.05) is 24.1 Å². The van der Waals surface area contributed by atoms with Crippen LogP contribution in [0.5, 0.6) is 0 Å². The van der Waals surface area contributed by atoms with Crippen molar-refractivity contribution in [1.82, 2.24) is 24.6 Å². The second-order valence-corrected chi connectivity index (χ2v) is 9.02. The molecule has 1 saturated heterocycles. The normalized spacial score (nSPS) is 17.6. The quantitative estimate of drug-likeness (QED) is 0.283. The molecule has 4 N–H and O–H groups in total. The number of alkyl halides is 1. The van der Waals surface area contributed by atoms with Crippen LogP contribution in [0.1, 0.15) is 29.4 Å². The maximum absolute atomic E-state index is 14.4. The number of aromatic amines is 1. The number of fused-ring (bicyclic) bond motifs is 1.